The van der Waals surface area contributed by atoms with Gasteiger partial charge in [-0.1, -0.05) is 0 Å². The number of aromatic nitrogens is 3. The number of carbonyl (C=O) groups is 2. The zero-order valence-electron chi connectivity index (χ0n) is 15.7. The lowest BCUT2D eigenvalue weighted by Crippen LogP contribution is -2.24. The molecule has 2 aromatic carbocycles. The Balaban J connectivity index is 1.57. The SMILES string of the molecule is COc1ccc2nc(-c3ccc(-n4c(N)c5c(cc4=O)C(=O)NC5=O)cc3)[nH]c2c1. The van der Waals surface area contributed by atoms with Crippen LogP contribution in [0.15, 0.2) is 53.3 Å². The number of rotatable bonds is 3. The Labute approximate surface area is 169 Å². The summed E-state index contributed by atoms with van der Waals surface area (Å²) in [5.74, 6) is 0.0638. The van der Waals surface area contributed by atoms with Crippen LogP contribution in [0.4, 0.5) is 5.82 Å². The first-order chi connectivity index (χ1) is 14.5. The van der Waals surface area contributed by atoms with Crippen LogP contribution in [0.1, 0.15) is 20.7 Å². The van der Waals surface area contributed by atoms with Crippen LogP contribution in [0, 0.1) is 0 Å². The summed E-state index contributed by atoms with van der Waals surface area (Å²) in [5, 5.41) is 2.15. The van der Waals surface area contributed by atoms with Crippen LogP contribution in [0.3, 0.4) is 0 Å². The molecule has 3 heterocycles. The number of imide groups is 1. The van der Waals surface area contributed by atoms with Crippen LogP contribution < -0.4 is 21.3 Å². The Morgan fingerprint density at radius 1 is 1.00 bits per heavy atom. The quantitative estimate of drug-likeness (QED) is 0.449. The largest absolute Gasteiger partial charge is 0.497 e. The standard InChI is InChI=1S/C21H15N5O4/c1-30-12-6-7-14-15(8-12)24-19(23-14)10-2-4-11(5-3-10)26-16(27)9-13-17(18(26)22)21(29)25-20(13)28/h2-9H,22H2,1H3,(H,23,24)(H,25,28,29). The van der Waals surface area contributed by atoms with E-state index in [2.05, 4.69) is 15.3 Å². The molecule has 4 aromatic rings. The molecule has 5 rings (SSSR count). The topological polar surface area (TPSA) is 132 Å². The van der Waals surface area contributed by atoms with Gasteiger partial charge in [0, 0.05) is 17.7 Å². The average molecular weight is 401 g/mol. The van der Waals surface area contributed by atoms with Gasteiger partial charge >= 0.3 is 0 Å². The van der Waals surface area contributed by atoms with Crippen molar-refractivity contribution < 1.29 is 14.3 Å². The third-order valence-electron chi connectivity index (χ3n) is 5.04. The number of carbonyl (C=O) groups excluding carboxylic acids is 2. The van der Waals surface area contributed by atoms with Crippen LogP contribution in [0.25, 0.3) is 28.1 Å². The number of nitrogen functional groups attached to an aromatic ring is 1. The van der Waals surface area contributed by atoms with Gasteiger partial charge in [0.05, 0.1) is 35.0 Å². The van der Waals surface area contributed by atoms with E-state index in [9.17, 15) is 14.4 Å². The summed E-state index contributed by atoms with van der Waals surface area (Å²) in [7, 11) is 1.60. The molecule has 1 aliphatic rings. The Morgan fingerprint density at radius 3 is 2.50 bits per heavy atom. The summed E-state index contributed by atoms with van der Waals surface area (Å²) >= 11 is 0. The molecular formula is C21H15N5O4. The van der Waals surface area contributed by atoms with Gasteiger partial charge in [-0.15, -0.1) is 0 Å². The molecule has 0 saturated heterocycles. The van der Waals surface area contributed by atoms with Crippen molar-refractivity contribution in [2.45, 2.75) is 0 Å². The number of methoxy groups -OCH3 is 1. The number of aromatic amines is 1. The molecule has 0 radical (unpaired) electrons. The van der Waals surface area contributed by atoms with Gasteiger partial charge < -0.3 is 15.5 Å². The molecule has 9 nitrogen and oxygen atoms in total. The van der Waals surface area contributed by atoms with Crippen LogP contribution in [0.5, 0.6) is 5.75 Å². The number of imidazole rings is 1. The number of amides is 2. The van der Waals surface area contributed by atoms with Crippen LogP contribution in [-0.4, -0.2) is 33.5 Å². The van der Waals surface area contributed by atoms with Gasteiger partial charge in [-0.3, -0.25) is 24.3 Å². The van der Waals surface area contributed by atoms with E-state index in [0.29, 0.717) is 11.5 Å². The van der Waals surface area contributed by atoms with E-state index >= 15 is 0 Å². The van der Waals surface area contributed by atoms with E-state index in [1.807, 2.05) is 18.2 Å². The normalized spacial score (nSPS) is 12.8. The first-order valence-electron chi connectivity index (χ1n) is 9.02. The molecule has 0 aliphatic carbocycles. The fourth-order valence-corrected chi connectivity index (χ4v) is 3.57. The fourth-order valence-electron chi connectivity index (χ4n) is 3.57. The molecule has 1 aliphatic heterocycles. The molecule has 2 amide bonds. The van der Waals surface area contributed by atoms with Crippen LogP contribution in [0.2, 0.25) is 0 Å². The number of H-pyrrole nitrogens is 1. The van der Waals surface area contributed by atoms with Gasteiger partial charge in [0.25, 0.3) is 17.4 Å². The molecule has 0 saturated carbocycles. The van der Waals surface area contributed by atoms with Crippen molar-refractivity contribution in [1.82, 2.24) is 19.9 Å². The maximum absolute atomic E-state index is 12.5. The highest BCUT2D eigenvalue weighted by atomic mass is 16.5. The number of nitrogens with zero attached hydrogens (tertiary/aromatic N) is 2. The molecule has 0 spiro atoms. The summed E-state index contributed by atoms with van der Waals surface area (Å²) in [6, 6.07) is 13.6. The van der Waals surface area contributed by atoms with E-state index in [1.165, 1.54) is 4.57 Å². The highest BCUT2D eigenvalue weighted by Gasteiger charge is 2.31. The smallest absolute Gasteiger partial charge is 0.262 e. The molecule has 2 aromatic heterocycles. The highest BCUT2D eigenvalue weighted by molar-refractivity contribution is 6.23. The molecular weight excluding hydrogens is 386 g/mol. The number of hydrogen-bond acceptors (Lipinski definition) is 6. The monoisotopic (exact) mass is 401 g/mol. The molecule has 0 fully saturated rings. The van der Waals surface area contributed by atoms with Gasteiger partial charge in [-0.2, -0.15) is 0 Å². The lowest BCUT2D eigenvalue weighted by Gasteiger charge is -2.12. The van der Waals surface area contributed by atoms with Crippen LogP contribution in [-0.2, 0) is 0 Å². The molecule has 30 heavy (non-hydrogen) atoms. The highest BCUT2D eigenvalue weighted by Crippen LogP contribution is 2.26. The van der Waals surface area contributed by atoms with Crippen molar-refractivity contribution in [3.05, 3.63) is 70.0 Å². The molecule has 148 valence electrons. The maximum atomic E-state index is 12.5. The van der Waals surface area contributed by atoms with Gasteiger partial charge in [0.15, 0.2) is 0 Å². The minimum absolute atomic E-state index is 0.00641. The number of ether oxygens (including phenoxy) is 1. The zero-order chi connectivity index (χ0) is 21.0. The fraction of sp³-hybridized carbons (Fsp3) is 0.0476. The number of fused-ring (bicyclic) bond motifs is 2. The van der Waals surface area contributed by atoms with E-state index < -0.39 is 17.4 Å². The summed E-state index contributed by atoms with van der Waals surface area (Å²) < 4.78 is 6.43. The van der Waals surface area contributed by atoms with Gasteiger partial charge in [-0.05, 0) is 36.4 Å². The molecule has 9 heteroatoms. The number of pyridine rings is 1. The first-order valence-corrected chi connectivity index (χ1v) is 9.02. The Bertz CT molecular complexity index is 1420. The minimum Gasteiger partial charge on any atom is -0.497 e. The predicted molar refractivity (Wildman–Crippen MR) is 110 cm³/mol. The Kier molecular flexibility index (Phi) is 3.72. The predicted octanol–water partition coefficient (Wildman–Crippen LogP) is 1.86. The van der Waals surface area contributed by atoms with Crippen molar-refractivity contribution in [3.8, 4) is 22.8 Å². The second-order valence-electron chi connectivity index (χ2n) is 6.79. The lowest BCUT2D eigenvalue weighted by atomic mass is 10.1. The molecule has 0 unspecified atom stereocenters. The minimum atomic E-state index is -0.622. The Morgan fingerprint density at radius 2 is 1.77 bits per heavy atom. The van der Waals surface area contributed by atoms with E-state index in [0.717, 1.165) is 28.4 Å². The number of hydrogen-bond donors (Lipinski definition) is 3. The third kappa shape index (κ3) is 2.56. The summed E-state index contributed by atoms with van der Waals surface area (Å²) in [4.78, 5) is 44.2. The maximum Gasteiger partial charge on any atom is 0.262 e. The second-order valence-corrected chi connectivity index (χ2v) is 6.79. The lowest BCUT2D eigenvalue weighted by molar-refractivity contribution is 0.0880. The van der Waals surface area contributed by atoms with Crippen molar-refractivity contribution in [2.24, 2.45) is 0 Å². The first kappa shape index (κ1) is 17.7. The van der Waals surface area contributed by atoms with Gasteiger partial charge in [0.1, 0.15) is 17.4 Å². The average Bonchev–Trinajstić information content (AvgIpc) is 3.28. The van der Waals surface area contributed by atoms with Gasteiger partial charge in [-0.25, -0.2) is 4.98 Å². The zero-order valence-corrected chi connectivity index (χ0v) is 15.7. The number of nitrogens with one attached hydrogen (secondary N) is 2. The Hall–Kier alpha value is -4.40. The number of benzene rings is 2. The number of anilines is 1. The number of nitrogens with two attached hydrogens (primary N) is 1. The van der Waals surface area contributed by atoms with E-state index in [4.69, 9.17) is 10.5 Å². The molecule has 0 bridgehead atoms. The van der Waals surface area contributed by atoms with Crippen molar-refractivity contribution >= 4 is 28.7 Å². The second kappa shape index (κ2) is 6.31. The van der Waals surface area contributed by atoms with Crippen molar-refractivity contribution in [2.75, 3.05) is 12.8 Å². The molecule has 4 N–H and O–H groups in total. The van der Waals surface area contributed by atoms with Gasteiger partial charge in [0.2, 0.25) is 0 Å². The van der Waals surface area contributed by atoms with Crippen molar-refractivity contribution in [1.29, 1.82) is 0 Å². The summed E-state index contributed by atoms with van der Waals surface area (Å²) in [6.45, 7) is 0. The summed E-state index contributed by atoms with van der Waals surface area (Å²) in [5.41, 5.74) is 8.47. The summed E-state index contributed by atoms with van der Waals surface area (Å²) in [6.07, 6.45) is 0. The molecule has 0 atom stereocenters. The van der Waals surface area contributed by atoms with E-state index in [1.54, 1.807) is 31.4 Å². The van der Waals surface area contributed by atoms with Crippen LogP contribution >= 0.6 is 0 Å². The van der Waals surface area contributed by atoms with E-state index in [-0.39, 0.29) is 16.9 Å². The third-order valence-corrected chi connectivity index (χ3v) is 5.04. The van der Waals surface area contributed by atoms with Crippen molar-refractivity contribution in [3.63, 3.8) is 0 Å².